The predicted octanol–water partition coefficient (Wildman–Crippen LogP) is 3.04. The minimum Gasteiger partial charge on any atom is -0.310 e. The molecule has 2 N–H and O–H groups in total. The quantitative estimate of drug-likeness (QED) is 0.879. The molecule has 1 aliphatic carbocycles. The van der Waals surface area contributed by atoms with Crippen molar-refractivity contribution in [2.24, 2.45) is 0 Å². The molecule has 5 heteroatoms. The van der Waals surface area contributed by atoms with Gasteiger partial charge < -0.3 is 5.32 Å². The Balaban J connectivity index is 1.80. The number of hydrogen-bond acceptors (Lipinski definition) is 3. The topological polar surface area (TPSA) is 40.7 Å². The minimum absolute atomic E-state index is 0.716. The molecule has 1 saturated carbocycles. The highest BCUT2D eigenvalue weighted by atomic mass is 35.5. The first kappa shape index (κ1) is 10.3. The lowest BCUT2D eigenvalue weighted by atomic mass is 10.1. The lowest BCUT2D eigenvalue weighted by Crippen LogP contribution is -2.15. The van der Waals surface area contributed by atoms with Crippen LogP contribution >= 0.6 is 22.9 Å². The third-order valence-electron chi connectivity index (χ3n) is 2.73. The zero-order valence-corrected chi connectivity index (χ0v) is 10.2. The molecule has 2 aromatic heterocycles. The molecular weight excluding hydrogens is 242 g/mol. The van der Waals surface area contributed by atoms with Crippen LogP contribution in [-0.4, -0.2) is 16.2 Å². The van der Waals surface area contributed by atoms with Gasteiger partial charge in [-0.3, -0.25) is 5.10 Å². The van der Waals surface area contributed by atoms with Crippen molar-refractivity contribution in [3.05, 3.63) is 27.5 Å². The first-order valence-electron chi connectivity index (χ1n) is 5.33. The number of halogens is 1. The monoisotopic (exact) mass is 253 g/mol. The SMILES string of the molecule is Clc1cc(-c2[nH]ncc2CNC2CC2)cs1. The maximum absolute atomic E-state index is 5.94. The van der Waals surface area contributed by atoms with Gasteiger partial charge in [0.15, 0.2) is 0 Å². The fraction of sp³-hybridized carbons (Fsp3) is 0.364. The van der Waals surface area contributed by atoms with Gasteiger partial charge in [0, 0.05) is 29.1 Å². The molecule has 1 aliphatic rings. The zero-order valence-electron chi connectivity index (χ0n) is 8.66. The maximum Gasteiger partial charge on any atom is 0.0935 e. The Bertz CT molecular complexity index is 487. The molecule has 0 atom stereocenters. The summed E-state index contributed by atoms with van der Waals surface area (Å²) >= 11 is 7.48. The van der Waals surface area contributed by atoms with E-state index in [0.29, 0.717) is 6.04 Å². The number of aromatic amines is 1. The van der Waals surface area contributed by atoms with Crippen molar-refractivity contribution >= 4 is 22.9 Å². The molecule has 1 fully saturated rings. The number of thiophene rings is 1. The van der Waals surface area contributed by atoms with Crippen LogP contribution in [-0.2, 0) is 6.54 Å². The van der Waals surface area contributed by atoms with Gasteiger partial charge in [-0.25, -0.2) is 0 Å². The number of nitrogens with one attached hydrogen (secondary N) is 2. The van der Waals surface area contributed by atoms with E-state index in [1.54, 1.807) is 11.3 Å². The molecule has 0 spiro atoms. The zero-order chi connectivity index (χ0) is 11.0. The van der Waals surface area contributed by atoms with Crippen LogP contribution in [0.1, 0.15) is 18.4 Å². The van der Waals surface area contributed by atoms with Gasteiger partial charge in [0.25, 0.3) is 0 Å². The van der Waals surface area contributed by atoms with Crippen LogP contribution in [0.25, 0.3) is 11.3 Å². The molecular formula is C11H12ClN3S. The molecule has 0 unspecified atom stereocenters. The Kier molecular flexibility index (Phi) is 2.71. The summed E-state index contributed by atoms with van der Waals surface area (Å²) in [7, 11) is 0. The van der Waals surface area contributed by atoms with Crippen LogP contribution in [0.5, 0.6) is 0 Å². The van der Waals surface area contributed by atoms with E-state index in [2.05, 4.69) is 20.9 Å². The third-order valence-corrected chi connectivity index (χ3v) is 3.82. The predicted molar refractivity (Wildman–Crippen MR) is 66.8 cm³/mol. The smallest absolute Gasteiger partial charge is 0.0935 e. The largest absolute Gasteiger partial charge is 0.310 e. The molecule has 2 aromatic rings. The second kappa shape index (κ2) is 4.20. The van der Waals surface area contributed by atoms with Gasteiger partial charge in [-0.1, -0.05) is 11.6 Å². The maximum atomic E-state index is 5.94. The molecule has 0 aliphatic heterocycles. The highest BCUT2D eigenvalue weighted by Crippen LogP contribution is 2.29. The first-order valence-corrected chi connectivity index (χ1v) is 6.59. The molecule has 84 valence electrons. The van der Waals surface area contributed by atoms with E-state index < -0.39 is 0 Å². The van der Waals surface area contributed by atoms with Gasteiger partial charge in [-0.2, -0.15) is 5.10 Å². The minimum atomic E-state index is 0.716. The van der Waals surface area contributed by atoms with E-state index in [1.807, 2.05) is 12.3 Å². The summed E-state index contributed by atoms with van der Waals surface area (Å²) in [6, 6.07) is 2.69. The van der Waals surface area contributed by atoms with Gasteiger partial charge in [0.05, 0.1) is 16.2 Å². The molecule has 0 radical (unpaired) electrons. The number of nitrogens with zero attached hydrogens (tertiary/aromatic N) is 1. The second-order valence-corrected chi connectivity index (χ2v) is 5.61. The van der Waals surface area contributed by atoms with Crippen molar-refractivity contribution in [1.29, 1.82) is 0 Å². The number of aromatic nitrogens is 2. The van der Waals surface area contributed by atoms with Gasteiger partial charge in [-0.05, 0) is 18.9 Å². The molecule has 0 bridgehead atoms. The van der Waals surface area contributed by atoms with Gasteiger partial charge in [-0.15, -0.1) is 11.3 Å². The summed E-state index contributed by atoms with van der Waals surface area (Å²) in [5.74, 6) is 0. The summed E-state index contributed by atoms with van der Waals surface area (Å²) in [6.45, 7) is 0.879. The summed E-state index contributed by atoms with van der Waals surface area (Å²) in [6.07, 6.45) is 4.49. The van der Waals surface area contributed by atoms with Crippen molar-refractivity contribution in [2.75, 3.05) is 0 Å². The van der Waals surface area contributed by atoms with E-state index in [1.165, 1.54) is 18.4 Å². The van der Waals surface area contributed by atoms with Crippen molar-refractivity contribution < 1.29 is 0 Å². The van der Waals surface area contributed by atoms with Gasteiger partial charge >= 0.3 is 0 Å². The van der Waals surface area contributed by atoms with E-state index in [0.717, 1.165) is 22.1 Å². The van der Waals surface area contributed by atoms with Crippen LogP contribution in [0.4, 0.5) is 0 Å². The van der Waals surface area contributed by atoms with E-state index in [4.69, 9.17) is 11.6 Å². The molecule has 3 nitrogen and oxygen atoms in total. The first-order chi connectivity index (χ1) is 7.83. The molecule has 2 heterocycles. The summed E-state index contributed by atoms with van der Waals surface area (Å²) < 4.78 is 0.811. The van der Waals surface area contributed by atoms with Crippen molar-refractivity contribution in [3.8, 4) is 11.3 Å². The normalized spacial score (nSPS) is 15.6. The Morgan fingerprint density at radius 2 is 2.44 bits per heavy atom. The number of hydrogen-bond donors (Lipinski definition) is 2. The number of rotatable bonds is 4. The van der Waals surface area contributed by atoms with Crippen LogP contribution in [0.15, 0.2) is 17.6 Å². The fourth-order valence-corrected chi connectivity index (χ4v) is 2.55. The third kappa shape index (κ3) is 2.14. The average Bonchev–Trinajstić information content (AvgIpc) is 2.82. The van der Waals surface area contributed by atoms with Gasteiger partial charge in [0.1, 0.15) is 0 Å². The van der Waals surface area contributed by atoms with Crippen LogP contribution in [0.3, 0.4) is 0 Å². The van der Waals surface area contributed by atoms with Gasteiger partial charge in [0.2, 0.25) is 0 Å². The number of H-pyrrole nitrogens is 1. The lowest BCUT2D eigenvalue weighted by molar-refractivity contribution is 0.689. The molecule has 16 heavy (non-hydrogen) atoms. The highest BCUT2D eigenvalue weighted by molar-refractivity contribution is 7.14. The van der Waals surface area contributed by atoms with Crippen LogP contribution < -0.4 is 5.32 Å². The highest BCUT2D eigenvalue weighted by Gasteiger charge is 2.21. The van der Waals surface area contributed by atoms with Crippen molar-refractivity contribution in [3.63, 3.8) is 0 Å². The van der Waals surface area contributed by atoms with Crippen LogP contribution in [0, 0.1) is 0 Å². The van der Waals surface area contributed by atoms with E-state index in [9.17, 15) is 0 Å². The van der Waals surface area contributed by atoms with Crippen LogP contribution in [0.2, 0.25) is 4.34 Å². The summed E-state index contributed by atoms with van der Waals surface area (Å²) in [5.41, 5.74) is 3.41. The Morgan fingerprint density at radius 3 is 3.12 bits per heavy atom. The fourth-order valence-electron chi connectivity index (χ4n) is 1.68. The molecule has 3 rings (SSSR count). The van der Waals surface area contributed by atoms with Crippen molar-refractivity contribution in [2.45, 2.75) is 25.4 Å². The van der Waals surface area contributed by atoms with E-state index >= 15 is 0 Å². The van der Waals surface area contributed by atoms with Crippen molar-refractivity contribution in [1.82, 2.24) is 15.5 Å². The summed E-state index contributed by atoms with van der Waals surface area (Å²) in [4.78, 5) is 0. The lowest BCUT2D eigenvalue weighted by Gasteiger charge is -2.02. The summed E-state index contributed by atoms with van der Waals surface area (Å²) in [5, 5.41) is 12.7. The Labute approximate surface area is 103 Å². The molecule has 0 saturated heterocycles. The molecule has 0 amide bonds. The standard InChI is InChI=1S/C11H12ClN3S/c12-10-3-7(6-16-10)11-8(5-14-15-11)4-13-9-1-2-9/h3,5-6,9,13H,1-2,4H2,(H,14,15). The Hall–Kier alpha value is -0.840. The Morgan fingerprint density at radius 1 is 1.56 bits per heavy atom. The average molecular weight is 254 g/mol. The van der Waals surface area contributed by atoms with E-state index in [-0.39, 0.29) is 0 Å². The second-order valence-electron chi connectivity index (χ2n) is 4.06. The molecule has 0 aromatic carbocycles.